The van der Waals surface area contributed by atoms with Crippen molar-refractivity contribution in [3.8, 4) is 0 Å². The van der Waals surface area contributed by atoms with E-state index < -0.39 is 11.4 Å². The average molecular weight is 317 g/mol. The summed E-state index contributed by atoms with van der Waals surface area (Å²) in [5, 5.41) is 2.88. The minimum Gasteiger partial charge on any atom is -0.366 e. The van der Waals surface area contributed by atoms with Crippen LogP contribution in [0.3, 0.4) is 0 Å². The average Bonchev–Trinajstić information content (AvgIpc) is 2.73. The molecule has 0 bridgehead atoms. The zero-order chi connectivity index (χ0) is 17.0. The highest BCUT2D eigenvalue weighted by Gasteiger charge is 2.49. The van der Waals surface area contributed by atoms with Crippen LogP contribution in [-0.2, 0) is 11.3 Å². The van der Waals surface area contributed by atoms with Gasteiger partial charge in [-0.3, -0.25) is 14.5 Å². The summed E-state index contributed by atoms with van der Waals surface area (Å²) in [6, 6.07) is 6.26. The van der Waals surface area contributed by atoms with Crippen LogP contribution in [0.2, 0.25) is 0 Å². The van der Waals surface area contributed by atoms with Crippen molar-refractivity contribution in [2.75, 3.05) is 0 Å². The van der Waals surface area contributed by atoms with Crippen LogP contribution in [0, 0.1) is 0 Å². The van der Waals surface area contributed by atoms with E-state index in [0.717, 1.165) is 18.4 Å². The molecule has 23 heavy (non-hydrogen) atoms. The lowest BCUT2D eigenvalue weighted by Crippen LogP contribution is -2.46. The Morgan fingerprint density at radius 1 is 1.13 bits per heavy atom. The zero-order valence-corrected chi connectivity index (χ0v) is 13.6. The number of amides is 4. The van der Waals surface area contributed by atoms with E-state index in [1.54, 1.807) is 24.3 Å². The first kappa shape index (κ1) is 17.0. The maximum Gasteiger partial charge on any atom is 0.325 e. The minimum absolute atomic E-state index is 0.162. The molecule has 2 rings (SSSR count). The van der Waals surface area contributed by atoms with Crippen LogP contribution < -0.4 is 11.1 Å². The van der Waals surface area contributed by atoms with E-state index in [-0.39, 0.29) is 18.5 Å². The summed E-state index contributed by atoms with van der Waals surface area (Å²) in [5.41, 5.74) is 5.62. The third kappa shape index (κ3) is 3.36. The smallest absolute Gasteiger partial charge is 0.325 e. The maximum atomic E-state index is 12.8. The van der Waals surface area contributed by atoms with Gasteiger partial charge < -0.3 is 11.1 Å². The summed E-state index contributed by atoms with van der Waals surface area (Å²) >= 11 is 0. The van der Waals surface area contributed by atoms with Crippen LogP contribution in [0.15, 0.2) is 24.3 Å². The summed E-state index contributed by atoms with van der Waals surface area (Å²) in [4.78, 5) is 37.4. The number of nitrogens with one attached hydrogen (secondary N) is 1. The molecule has 1 aromatic carbocycles. The number of rotatable bonds is 7. The maximum absolute atomic E-state index is 12.8. The molecule has 1 aromatic rings. The van der Waals surface area contributed by atoms with Gasteiger partial charge in [-0.25, -0.2) is 4.79 Å². The van der Waals surface area contributed by atoms with E-state index in [1.807, 2.05) is 13.8 Å². The van der Waals surface area contributed by atoms with Crippen LogP contribution in [-0.4, -0.2) is 28.3 Å². The van der Waals surface area contributed by atoms with E-state index in [4.69, 9.17) is 5.73 Å². The van der Waals surface area contributed by atoms with Gasteiger partial charge in [0, 0.05) is 5.56 Å². The number of carbonyl (C=O) groups is 3. The fourth-order valence-corrected chi connectivity index (χ4v) is 3.09. The van der Waals surface area contributed by atoms with Gasteiger partial charge in [0.25, 0.3) is 5.91 Å². The molecular weight excluding hydrogens is 294 g/mol. The van der Waals surface area contributed by atoms with Gasteiger partial charge in [0.1, 0.15) is 5.54 Å². The molecule has 1 heterocycles. The highest BCUT2D eigenvalue weighted by molar-refractivity contribution is 6.07. The number of carbonyl (C=O) groups excluding carboxylic acids is 3. The van der Waals surface area contributed by atoms with Crippen molar-refractivity contribution in [3.05, 3.63) is 35.4 Å². The monoisotopic (exact) mass is 317 g/mol. The van der Waals surface area contributed by atoms with Gasteiger partial charge in [-0.05, 0) is 30.5 Å². The molecule has 1 aliphatic rings. The number of benzene rings is 1. The van der Waals surface area contributed by atoms with Crippen LogP contribution in [0.25, 0.3) is 0 Å². The third-order valence-corrected chi connectivity index (χ3v) is 4.18. The number of primary amides is 1. The molecule has 0 aromatic heterocycles. The van der Waals surface area contributed by atoms with Gasteiger partial charge in [-0.1, -0.05) is 38.8 Å². The van der Waals surface area contributed by atoms with Crippen LogP contribution in [0.1, 0.15) is 55.5 Å². The number of hydrogen-bond donors (Lipinski definition) is 2. The second-order valence-corrected chi connectivity index (χ2v) is 5.96. The number of urea groups is 1. The number of hydrogen-bond acceptors (Lipinski definition) is 3. The fourth-order valence-electron chi connectivity index (χ4n) is 3.09. The molecule has 0 aliphatic carbocycles. The molecule has 6 nitrogen and oxygen atoms in total. The first-order valence-electron chi connectivity index (χ1n) is 7.96. The summed E-state index contributed by atoms with van der Waals surface area (Å²) in [7, 11) is 0. The lowest BCUT2D eigenvalue weighted by molar-refractivity contribution is -0.132. The van der Waals surface area contributed by atoms with Crippen LogP contribution in [0.5, 0.6) is 0 Å². The first-order valence-corrected chi connectivity index (χ1v) is 7.96. The summed E-state index contributed by atoms with van der Waals surface area (Å²) in [6.07, 6.45) is 2.94. The largest absolute Gasteiger partial charge is 0.366 e. The Morgan fingerprint density at radius 3 is 2.17 bits per heavy atom. The molecule has 6 heteroatoms. The van der Waals surface area contributed by atoms with Crippen molar-refractivity contribution >= 4 is 17.8 Å². The van der Waals surface area contributed by atoms with Crippen LogP contribution in [0.4, 0.5) is 4.79 Å². The Labute approximate surface area is 136 Å². The molecule has 0 atom stereocenters. The second-order valence-electron chi connectivity index (χ2n) is 5.96. The molecule has 0 saturated carbocycles. The Balaban J connectivity index is 2.18. The predicted octanol–water partition coefficient (Wildman–Crippen LogP) is 2.18. The second kappa shape index (κ2) is 6.81. The van der Waals surface area contributed by atoms with Gasteiger partial charge in [0.05, 0.1) is 6.54 Å². The molecule has 0 unspecified atom stereocenters. The molecule has 1 aliphatic heterocycles. The summed E-state index contributed by atoms with van der Waals surface area (Å²) < 4.78 is 0. The van der Waals surface area contributed by atoms with Crippen molar-refractivity contribution in [2.45, 2.75) is 51.6 Å². The van der Waals surface area contributed by atoms with E-state index >= 15 is 0 Å². The number of nitrogens with two attached hydrogens (primary N) is 1. The molecule has 124 valence electrons. The molecule has 1 saturated heterocycles. The quantitative estimate of drug-likeness (QED) is 0.755. The summed E-state index contributed by atoms with van der Waals surface area (Å²) in [6.45, 7) is 4.20. The van der Waals surface area contributed by atoms with Crippen LogP contribution >= 0.6 is 0 Å². The molecule has 0 radical (unpaired) electrons. The Kier molecular flexibility index (Phi) is 5.03. The van der Waals surface area contributed by atoms with Gasteiger partial charge in [0.2, 0.25) is 5.91 Å². The molecule has 4 amide bonds. The number of nitrogens with zero attached hydrogens (tertiary/aromatic N) is 1. The van der Waals surface area contributed by atoms with Crippen molar-refractivity contribution in [3.63, 3.8) is 0 Å². The normalized spacial score (nSPS) is 16.5. The van der Waals surface area contributed by atoms with Gasteiger partial charge in [0.15, 0.2) is 0 Å². The van der Waals surface area contributed by atoms with Gasteiger partial charge in [-0.15, -0.1) is 0 Å². The number of imide groups is 1. The summed E-state index contributed by atoms with van der Waals surface area (Å²) in [5.74, 6) is -0.665. The first-order chi connectivity index (χ1) is 10.9. The Morgan fingerprint density at radius 2 is 1.70 bits per heavy atom. The minimum atomic E-state index is -0.770. The van der Waals surface area contributed by atoms with Gasteiger partial charge in [-0.2, -0.15) is 0 Å². The highest BCUT2D eigenvalue weighted by atomic mass is 16.2. The standard InChI is InChI=1S/C17H23N3O3/c1-3-9-17(10-4-2)15(22)20(16(23)19-17)11-12-5-7-13(8-6-12)14(18)21/h5-8H,3-4,9-11H2,1-2H3,(H2,18,21)(H,19,23). The third-order valence-electron chi connectivity index (χ3n) is 4.18. The molecular formula is C17H23N3O3. The lowest BCUT2D eigenvalue weighted by atomic mass is 9.88. The topological polar surface area (TPSA) is 92.5 Å². The highest BCUT2D eigenvalue weighted by Crippen LogP contribution is 2.29. The van der Waals surface area contributed by atoms with E-state index in [1.165, 1.54) is 4.90 Å². The molecule has 3 N–H and O–H groups in total. The van der Waals surface area contributed by atoms with Crippen molar-refractivity contribution in [2.24, 2.45) is 5.73 Å². The van der Waals surface area contributed by atoms with Crippen molar-refractivity contribution in [1.29, 1.82) is 0 Å². The predicted molar refractivity (Wildman–Crippen MR) is 86.6 cm³/mol. The van der Waals surface area contributed by atoms with E-state index in [9.17, 15) is 14.4 Å². The zero-order valence-electron chi connectivity index (χ0n) is 13.6. The van der Waals surface area contributed by atoms with E-state index in [2.05, 4.69) is 5.32 Å². The van der Waals surface area contributed by atoms with E-state index in [0.29, 0.717) is 18.4 Å². The van der Waals surface area contributed by atoms with Gasteiger partial charge >= 0.3 is 6.03 Å². The van der Waals surface area contributed by atoms with Crippen molar-refractivity contribution in [1.82, 2.24) is 10.2 Å². The van der Waals surface area contributed by atoms with Crippen molar-refractivity contribution < 1.29 is 14.4 Å². The molecule has 1 fully saturated rings. The fraction of sp³-hybridized carbons (Fsp3) is 0.471. The Bertz CT molecular complexity index is 604. The SMILES string of the molecule is CCCC1(CCC)NC(=O)N(Cc2ccc(C(N)=O)cc2)C1=O. The molecule has 0 spiro atoms. The lowest BCUT2D eigenvalue weighted by Gasteiger charge is -2.25. The Hall–Kier alpha value is -2.37.